The van der Waals surface area contributed by atoms with Gasteiger partial charge in [0.05, 0.1) is 6.26 Å². The highest BCUT2D eigenvalue weighted by molar-refractivity contribution is 7.92. The Kier molecular flexibility index (Phi) is 4.52. The fourth-order valence-electron chi connectivity index (χ4n) is 1.65. The van der Waals surface area contributed by atoms with Crippen LogP contribution in [0.2, 0.25) is 0 Å². The van der Waals surface area contributed by atoms with E-state index in [1.807, 2.05) is 30.3 Å². The number of aromatic nitrogens is 2. The van der Waals surface area contributed by atoms with Gasteiger partial charge in [-0.2, -0.15) is 4.98 Å². The zero-order valence-corrected chi connectivity index (χ0v) is 11.9. The van der Waals surface area contributed by atoms with Crippen LogP contribution in [-0.2, 0) is 16.4 Å². The monoisotopic (exact) mass is 292 g/mol. The number of hydrogen-bond acceptors (Lipinski definition) is 5. The van der Waals surface area contributed by atoms with Crippen molar-refractivity contribution in [3.63, 3.8) is 0 Å². The van der Waals surface area contributed by atoms with Crippen molar-refractivity contribution >= 4 is 21.8 Å². The van der Waals surface area contributed by atoms with Gasteiger partial charge in [-0.1, -0.05) is 30.3 Å². The maximum atomic E-state index is 11.1. The summed E-state index contributed by atoms with van der Waals surface area (Å²) in [4.78, 5) is 8.12. The van der Waals surface area contributed by atoms with Crippen LogP contribution in [0.3, 0.4) is 0 Å². The lowest BCUT2D eigenvalue weighted by atomic mass is 10.1. The fraction of sp³-hybridized carbons (Fsp3) is 0.231. The Bertz CT molecular complexity index is 659. The lowest BCUT2D eigenvalue weighted by Crippen LogP contribution is -2.13. The van der Waals surface area contributed by atoms with Gasteiger partial charge < -0.3 is 5.32 Å². The summed E-state index contributed by atoms with van der Waals surface area (Å²) >= 11 is 0. The first kappa shape index (κ1) is 14.3. The molecule has 2 aromatic rings. The van der Waals surface area contributed by atoms with Crippen molar-refractivity contribution in [2.45, 2.75) is 6.42 Å². The van der Waals surface area contributed by atoms with Crippen molar-refractivity contribution in [3.05, 3.63) is 48.2 Å². The highest BCUT2D eigenvalue weighted by Gasteiger charge is 2.04. The minimum absolute atomic E-state index is 0.254. The molecule has 0 unspecified atom stereocenters. The second kappa shape index (κ2) is 6.33. The smallest absolute Gasteiger partial charge is 0.230 e. The lowest BCUT2D eigenvalue weighted by molar-refractivity contribution is 0.606. The van der Waals surface area contributed by atoms with Crippen molar-refractivity contribution in [1.29, 1.82) is 0 Å². The predicted octanol–water partition coefficient (Wildman–Crippen LogP) is 1.50. The van der Waals surface area contributed by atoms with Gasteiger partial charge in [-0.15, -0.1) is 0 Å². The summed E-state index contributed by atoms with van der Waals surface area (Å²) in [6, 6.07) is 11.5. The molecular weight excluding hydrogens is 276 g/mol. The van der Waals surface area contributed by atoms with Crippen LogP contribution in [0.5, 0.6) is 0 Å². The summed E-state index contributed by atoms with van der Waals surface area (Å²) in [5.74, 6) is 0.652. The Hall–Kier alpha value is -2.15. The van der Waals surface area contributed by atoms with Crippen molar-refractivity contribution in [2.75, 3.05) is 22.8 Å². The van der Waals surface area contributed by atoms with Crippen LogP contribution in [0, 0.1) is 0 Å². The normalized spacial score (nSPS) is 11.1. The number of hydrogen-bond donors (Lipinski definition) is 2. The maximum Gasteiger partial charge on any atom is 0.230 e. The number of rotatable bonds is 6. The van der Waals surface area contributed by atoms with E-state index in [2.05, 4.69) is 20.0 Å². The van der Waals surface area contributed by atoms with Crippen LogP contribution < -0.4 is 10.0 Å². The number of benzene rings is 1. The molecule has 6 nitrogen and oxygen atoms in total. The molecule has 0 spiro atoms. The molecule has 2 N–H and O–H groups in total. The van der Waals surface area contributed by atoms with E-state index in [-0.39, 0.29) is 5.82 Å². The average molecular weight is 292 g/mol. The van der Waals surface area contributed by atoms with Crippen LogP contribution in [0.4, 0.5) is 11.8 Å². The first-order chi connectivity index (χ1) is 9.53. The summed E-state index contributed by atoms with van der Waals surface area (Å²) < 4.78 is 24.5. The third-order valence-electron chi connectivity index (χ3n) is 2.49. The zero-order valence-electron chi connectivity index (χ0n) is 11.1. The maximum absolute atomic E-state index is 11.1. The second-order valence-electron chi connectivity index (χ2n) is 4.30. The summed E-state index contributed by atoms with van der Waals surface area (Å²) in [6.07, 6.45) is 3.43. The first-order valence-electron chi connectivity index (χ1n) is 6.11. The minimum atomic E-state index is -3.33. The van der Waals surface area contributed by atoms with Crippen molar-refractivity contribution in [3.8, 4) is 0 Å². The fourth-order valence-corrected chi connectivity index (χ4v) is 2.15. The second-order valence-corrected chi connectivity index (χ2v) is 6.05. The molecule has 0 aliphatic carbocycles. The van der Waals surface area contributed by atoms with Crippen LogP contribution in [0.1, 0.15) is 5.56 Å². The van der Waals surface area contributed by atoms with Crippen LogP contribution in [-0.4, -0.2) is 31.2 Å². The van der Waals surface area contributed by atoms with Gasteiger partial charge in [0.2, 0.25) is 16.0 Å². The minimum Gasteiger partial charge on any atom is -0.354 e. The number of nitrogens with one attached hydrogen (secondary N) is 2. The molecule has 2 rings (SSSR count). The van der Waals surface area contributed by atoms with Crippen LogP contribution in [0.15, 0.2) is 42.6 Å². The molecule has 0 fully saturated rings. The Morgan fingerprint density at radius 2 is 1.90 bits per heavy atom. The summed E-state index contributed by atoms with van der Waals surface area (Å²) in [7, 11) is -3.33. The van der Waals surface area contributed by atoms with E-state index < -0.39 is 10.0 Å². The molecule has 0 amide bonds. The third kappa shape index (κ3) is 4.85. The molecule has 0 saturated heterocycles. The van der Waals surface area contributed by atoms with E-state index in [1.165, 1.54) is 17.8 Å². The molecular formula is C13H16N4O2S. The Labute approximate surface area is 118 Å². The van der Waals surface area contributed by atoms with Crippen LogP contribution >= 0.6 is 0 Å². The summed E-state index contributed by atoms with van der Waals surface area (Å²) in [5, 5.41) is 3.06. The van der Waals surface area contributed by atoms with Gasteiger partial charge in [0.1, 0.15) is 5.82 Å². The molecule has 0 aliphatic heterocycles. The zero-order chi connectivity index (χ0) is 14.4. The molecule has 0 saturated carbocycles. The Balaban J connectivity index is 1.92. The summed E-state index contributed by atoms with van der Waals surface area (Å²) in [5.41, 5.74) is 1.21. The number of sulfonamides is 1. The van der Waals surface area contributed by atoms with E-state index in [0.29, 0.717) is 12.5 Å². The van der Waals surface area contributed by atoms with E-state index in [4.69, 9.17) is 0 Å². The number of nitrogens with zero attached hydrogens (tertiary/aromatic N) is 2. The Morgan fingerprint density at radius 1 is 1.15 bits per heavy atom. The van der Waals surface area contributed by atoms with E-state index in [1.54, 1.807) is 0 Å². The van der Waals surface area contributed by atoms with Gasteiger partial charge in [0.25, 0.3) is 0 Å². The predicted molar refractivity (Wildman–Crippen MR) is 79.1 cm³/mol. The van der Waals surface area contributed by atoms with E-state index in [0.717, 1.165) is 12.7 Å². The van der Waals surface area contributed by atoms with Gasteiger partial charge in [-0.25, -0.2) is 13.4 Å². The number of anilines is 2. The lowest BCUT2D eigenvalue weighted by Gasteiger charge is -2.07. The quantitative estimate of drug-likeness (QED) is 0.843. The van der Waals surface area contributed by atoms with Crippen molar-refractivity contribution < 1.29 is 8.42 Å². The van der Waals surface area contributed by atoms with Gasteiger partial charge in [-0.3, -0.25) is 4.72 Å². The molecule has 7 heteroatoms. The van der Waals surface area contributed by atoms with Crippen molar-refractivity contribution in [2.24, 2.45) is 0 Å². The average Bonchev–Trinajstić information content (AvgIpc) is 2.38. The Morgan fingerprint density at radius 3 is 2.60 bits per heavy atom. The van der Waals surface area contributed by atoms with E-state index in [9.17, 15) is 8.42 Å². The van der Waals surface area contributed by atoms with Crippen molar-refractivity contribution in [1.82, 2.24) is 9.97 Å². The molecule has 0 bridgehead atoms. The topological polar surface area (TPSA) is 84.0 Å². The van der Waals surface area contributed by atoms with Gasteiger partial charge in [0.15, 0.2) is 0 Å². The molecule has 1 aromatic heterocycles. The molecule has 0 atom stereocenters. The molecule has 20 heavy (non-hydrogen) atoms. The standard InChI is InChI=1S/C13H16N4O2S/c1-20(18,19)17-12-8-10-15-13(16-12)14-9-7-11-5-3-2-4-6-11/h2-6,8,10H,7,9H2,1H3,(H2,14,15,16,17). The van der Waals surface area contributed by atoms with E-state index >= 15 is 0 Å². The third-order valence-corrected chi connectivity index (χ3v) is 3.07. The van der Waals surface area contributed by atoms with Gasteiger partial charge >= 0.3 is 0 Å². The summed E-state index contributed by atoms with van der Waals surface area (Å²) in [6.45, 7) is 0.673. The molecule has 1 heterocycles. The molecule has 0 radical (unpaired) electrons. The highest BCUT2D eigenvalue weighted by Crippen LogP contribution is 2.07. The van der Waals surface area contributed by atoms with Gasteiger partial charge in [0, 0.05) is 12.7 Å². The first-order valence-corrected chi connectivity index (χ1v) is 8.01. The SMILES string of the molecule is CS(=O)(=O)Nc1ccnc(NCCc2ccccc2)n1. The molecule has 1 aromatic carbocycles. The largest absolute Gasteiger partial charge is 0.354 e. The van der Waals surface area contributed by atoms with Gasteiger partial charge in [-0.05, 0) is 18.1 Å². The highest BCUT2D eigenvalue weighted by atomic mass is 32.2. The molecule has 0 aliphatic rings. The molecule has 106 valence electrons. The van der Waals surface area contributed by atoms with Crippen LogP contribution in [0.25, 0.3) is 0 Å².